The molecule has 0 atom stereocenters. The van der Waals surface area contributed by atoms with Crippen molar-refractivity contribution in [3.8, 4) is 0 Å². The number of benzene rings is 1. The van der Waals surface area contributed by atoms with E-state index >= 15 is 0 Å². The van der Waals surface area contributed by atoms with Gasteiger partial charge in [-0.2, -0.15) is 5.10 Å². The van der Waals surface area contributed by atoms with Crippen LogP contribution in [0, 0.1) is 0 Å². The Morgan fingerprint density at radius 1 is 1.36 bits per heavy atom. The van der Waals surface area contributed by atoms with Crippen molar-refractivity contribution in [3.63, 3.8) is 0 Å². The van der Waals surface area contributed by atoms with Crippen LogP contribution in [0.4, 0.5) is 14.6 Å². The molecule has 0 unspecified atom stereocenters. The molecule has 0 radical (unpaired) electrons. The molecular formula is C16H20ClF2N3O2S. The molecule has 1 saturated carbocycles. The lowest BCUT2D eigenvalue weighted by Gasteiger charge is -2.21. The van der Waals surface area contributed by atoms with Gasteiger partial charge >= 0.3 is 0 Å². The largest absolute Gasteiger partial charge is 0.265 e. The number of hydrogen-bond donors (Lipinski definition) is 1. The lowest BCUT2D eigenvalue weighted by molar-refractivity contribution is 0.123. The van der Waals surface area contributed by atoms with E-state index in [0.717, 1.165) is 10.2 Å². The number of hydrogen-bond acceptors (Lipinski definition) is 3. The van der Waals surface area contributed by atoms with Crippen molar-refractivity contribution in [2.75, 3.05) is 4.72 Å². The predicted octanol–water partition coefficient (Wildman–Crippen LogP) is 4.16. The van der Waals surface area contributed by atoms with Gasteiger partial charge < -0.3 is 0 Å². The number of alkyl halides is 2. The third-order valence-electron chi connectivity index (χ3n) is 4.16. The maximum atomic E-state index is 13.0. The van der Waals surface area contributed by atoms with Gasteiger partial charge in [0.05, 0.1) is 21.2 Å². The molecule has 1 N–H and O–H groups in total. The van der Waals surface area contributed by atoms with Crippen LogP contribution in [-0.4, -0.2) is 29.9 Å². The summed E-state index contributed by atoms with van der Waals surface area (Å²) in [5.74, 6) is 0.0126. The van der Waals surface area contributed by atoms with Crippen molar-refractivity contribution in [1.82, 2.24) is 9.78 Å². The van der Waals surface area contributed by atoms with Crippen molar-refractivity contribution in [2.45, 2.75) is 57.2 Å². The van der Waals surface area contributed by atoms with E-state index in [0.29, 0.717) is 23.7 Å². The van der Waals surface area contributed by atoms with Gasteiger partial charge in [0, 0.05) is 0 Å². The molecule has 0 aliphatic heterocycles. The smallest absolute Gasteiger partial charge is 0.257 e. The molecule has 1 fully saturated rings. The lowest BCUT2D eigenvalue weighted by Crippen LogP contribution is -2.18. The molecule has 1 aliphatic rings. The van der Waals surface area contributed by atoms with Crippen LogP contribution in [0.5, 0.6) is 0 Å². The van der Waals surface area contributed by atoms with Crippen LogP contribution in [0.15, 0.2) is 12.1 Å². The summed E-state index contributed by atoms with van der Waals surface area (Å²) in [6.07, 6.45) is -1.44. The van der Waals surface area contributed by atoms with E-state index < -0.39 is 28.2 Å². The van der Waals surface area contributed by atoms with Crippen molar-refractivity contribution in [3.05, 3.63) is 22.7 Å². The first kappa shape index (κ1) is 18.4. The summed E-state index contributed by atoms with van der Waals surface area (Å²) in [6, 6.07) is 3.42. The third-order valence-corrected chi connectivity index (χ3v) is 6.31. The first-order chi connectivity index (χ1) is 11.5. The van der Waals surface area contributed by atoms with Crippen LogP contribution in [0.2, 0.25) is 5.02 Å². The minimum atomic E-state index is -3.58. The molecule has 9 heteroatoms. The number of fused-ring (bicyclic) bond motifs is 1. The molecule has 0 bridgehead atoms. The normalized spacial score (nSPS) is 16.0. The minimum absolute atomic E-state index is 0.0126. The first-order valence-corrected chi connectivity index (χ1v) is 9.92. The molecule has 1 aromatic carbocycles. The van der Waals surface area contributed by atoms with Gasteiger partial charge in [0.25, 0.3) is 6.43 Å². The van der Waals surface area contributed by atoms with E-state index in [9.17, 15) is 17.2 Å². The molecule has 1 heterocycles. The fraction of sp³-hybridized carbons (Fsp3) is 0.562. The Hall–Kier alpha value is -1.41. The van der Waals surface area contributed by atoms with Crippen LogP contribution < -0.4 is 4.72 Å². The number of halogens is 3. The molecule has 1 aromatic heterocycles. The maximum absolute atomic E-state index is 13.0. The highest BCUT2D eigenvalue weighted by Gasteiger charge is 2.37. The standard InChI is InChI=1S/C16H20ClF2N3O2S/c1-16(2,3)10-6-7-11(17)13-14(10)22(8-12(18)19)20-15(13)21-25(23,24)9-4-5-9/h6-7,9,12H,4-5,8H2,1-3H3,(H,20,21). The molecule has 5 nitrogen and oxygen atoms in total. The van der Waals surface area contributed by atoms with Crippen LogP contribution >= 0.6 is 11.6 Å². The summed E-state index contributed by atoms with van der Waals surface area (Å²) in [4.78, 5) is 0. The van der Waals surface area contributed by atoms with Crippen LogP contribution in [0.25, 0.3) is 10.9 Å². The second-order valence-corrected chi connectivity index (χ2v) is 9.70. The van der Waals surface area contributed by atoms with Crippen LogP contribution in [0.3, 0.4) is 0 Å². The molecule has 0 amide bonds. The molecule has 3 rings (SSSR count). The van der Waals surface area contributed by atoms with Crippen molar-refractivity contribution in [1.29, 1.82) is 0 Å². The van der Waals surface area contributed by atoms with Crippen molar-refractivity contribution >= 4 is 38.3 Å². The number of aromatic nitrogens is 2. The van der Waals surface area contributed by atoms with E-state index in [2.05, 4.69) is 9.82 Å². The van der Waals surface area contributed by atoms with E-state index in [4.69, 9.17) is 11.6 Å². The van der Waals surface area contributed by atoms with Gasteiger partial charge in [-0.15, -0.1) is 0 Å². The van der Waals surface area contributed by atoms with Crippen LogP contribution in [0.1, 0.15) is 39.2 Å². The molecule has 1 aliphatic carbocycles. The van der Waals surface area contributed by atoms with Gasteiger partial charge in [-0.1, -0.05) is 38.4 Å². The van der Waals surface area contributed by atoms with Crippen molar-refractivity contribution < 1.29 is 17.2 Å². The van der Waals surface area contributed by atoms with E-state index in [1.165, 1.54) is 0 Å². The highest BCUT2D eigenvalue weighted by molar-refractivity contribution is 7.93. The SMILES string of the molecule is CC(C)(C)c1ccc(Cl)c2c(NS(=O)(=O)C3CC3)nn(CC(F)F)c12. The number of sulfonamides is 1. The molecule has 0 spiro atoms. The topological polar surface area (TPSA) is 64.0 Å². The average Bonchev–Trinajstić information content (AvgIpc) is 3.24. The van der Waals surface area contributed by atoms with E-state index in [1.54, 1.807) is 12.1 Å². The zero-order valence-corrected chi connectivity index (χ0v) is 15.8. The molecule has 2 aromatic rings. The fourth-order valence-electron chi connectivity index (χ4n) is 2.82. The van der Waals surface area contributed by atoms with Gasteiger partial charge in [-0.3, -0.25) is 9.40 Å². The Morgan fingerprint density at radius 2 is 2.00 bits per heavy atom. The summed E-state index contributed by atoms with van der Waals surface area (Å²) in [6.45, 7) is 5.21. The lowest BCUT2D eigenvalue weighted by atomic mass is 9.85. The molecule has 25 heavy (non-hydrogen) atoms. The number of anilines is 1. The van der Waals surface area contributed by atoms with Crippen LogP contribution in [-0.2, 0) is 22.0 Å². The summed E-state index contributed by atoms with van der Waals surface area (Å²) < 4.78 is 54.2. The molecule has 0 saturated heterocycles. The predicted molar refractivity (Wildman–Crippen MR) is 95.0 cm³/mol. The van der Waals surface area contributed by atoms with E-state index in [1.807, 2.05) is 20.8 Å². The second-order valence-electron chi connectivity index (χ2n) is 7.34. The minimum Gasteiger partial charge on any atom is -0.265 e. The number of nitrogens with one attached hydrogen (secondary N) is 1. The zero-order valence-electron chi connectivity index (χ0n) is 14.2. The number of nitrogens with zero attached hydrogens (tertiary/aromatic N) is 2. The monoisotopic (exact) mass is 391 g/mol. The van der Waals surface area contributed by atoms with Gasteiger partial charge in [0.2, 0.25) is 10.0 Å². The summed E-state index contributed by atoms with van der Waals surface area (Å²) in [5, 5.41) is 4.31. The summed E-state index contributed by atoms with van der Waals surface area (Å²) in [5.41, 5.74) is 0.862. The average molecular weight is 392 g/mol. The molecule has 138 valence electrons. The Labute approximate surface area is 150 Å². The Balaban J connectivity index is 2.24. The number of rotatable bonds is 5. The second kappa shape index (κ2) is 6.09. The quantitative estimate of drug-likeness (QED) is 0.832. The van der Waals surface area contributed by atoms with E-state index in [-0.39, 0.29) is 16.3 Å². The van der Waals surface area contributed by atoms with Crippen molar-refractivity contribution in [2.24, 2.45) is 0 Å². The Morgan fingerprint density at radius 3 is 2.52 bits per heavy atom. The fourth-order valence-corrected chi connectivity index (χ4v) is 4.39. The molecular weight excluding hydrogens is 372 g/mol. The van der Waals surface area contributed by atoms with Gasteiger partial charge in [0.15, 0.2) is 5.82 Å². The maximum Gasteiger partial charge on any atom is 0.257 e. The summed E-state index contributed by atoms with van der Waals surface area (Å²) >= 11 is 6.28. The Bertz CT molecular complexity index is 916. The van der Waals surface area contributed by atoms with Gasteiger partial charge in [0.1, 0.15) is 6.54 Å². The van der Waals surface area contributed by atoms with Gasteiger partial charge in [-0.25, -0.2) is 17.2 Å². The third kappa shape index (κ3) is 3.60. The first-order valence-electron chi connectivity index (χ1n) is 8.00. The highest BCUT2D eigenvalue weighted by Crippen LogP contribution is 2.39. The Kier molecular flexibility index (Phi) is 4.48. The summed E-state index contributed by atoms with van der Waals surface area (Å²) in [7, 11) is -3.58. The highest BCUT2D eigenvalue weighted by atomic mass is 35.5. The zero-order chi connectivity index (χ0) is 18.6. The van der Waals surface area contributed by atoms with Gasteiger partial charge in [-0.05, 0) is 29.9 Å².